The van der Waals surface area contributed by atoms with Crippen LogP contribution in [-0.4, -0.2) is 26.1 Å². The molecule has 2 rings (SSSR count). The van der Waals surface area contributed by atoms with Gasteiger partial charge in [-0.2, -0.15) is 0 Å². The summed E-state index contributed by atoms with van der Waals surface area (Å²) in [6, 6.07) is 4.90. The number of aryl methyl sites for hydroxylation is 1. The van der Waals surface area contributed by atoms with E-state index in [4.69, 9.17) is 5.73 Å². The maximum absolute atomic E-state index is 12.2. The summed E-state index contributed by atoms with van der Waals surface area (Å²) in [5.41, 5.74) is 6.61. The molecule has 1 heterocycles. The highest BCUT2D eigenvalue weighted by molar-refractivity contribution is 7.93. The zero-order valence-electron chi connectivity index (χ0n) is 9.43. The van der Waals surface area contributed by atoms with Crippen LogP contribution in [0.4, 0.5) is 5.69 Å². The smallest absolute Gasteiger partial charge is 0.243 e. The highest BCUT2D eigenvalue weighted by atomic mass is 32.2. The first kappa shape index (κ1) is 12.1. The molecular weight excluding hydrogens is 240 g/mol. The third-order valence-corrected chi connectivity index (χ3v) is 4.96. The number of carbonyl (C=O) groups excluding carboxylic acids is 1. The summed E-state index contributed by atoms with van der Waals surface area (Å²) in [6.07, 6.45) is 0.140. The van der Waals surface area contributed by atoms with Crippen LogP contribution in [0, 0.1) is 6.92 Å². The summed E-state index contributed by atoms with van der Waals surface area (Å²) in [7, 11) is -3.60. The number of amides is 1. The highest BCUT2D eigenvalue weighted by Gasteiger charge is 2.39. The number of hydrogen-bond donors (Lipinski definition) is 2. The van der Waals surface area contributed by atoms with E-state index < -0.39 is 21.0 Å². The number of anilines is 1. The van der Waals surface area contributed by atoms with Gasteiger partial charge in [0, 0.05) is 0 Å². The molecule has 0 bridgehead atoms. The van der Waals surface area contributed by atoms with Crippen LogP contribution >= 0.6 is 0 Å². The summed E-state index contributed by atoms with van der Waals surface area (Å²) in [5.74, 6) is -0.492. The van der Waals surface area contributed by atoms with E-state index in [1.807, 2.05) is 6.92 Å². The SMILES string of the molecule is Cc1ccc2c(c1)NC(=O)C(CCN)S2(=O)=O. The highest BCUT2D eigenvalue weighted by Crippen LogP contribution is 2.31. The van der Waals surface area contributed by atoms with Crippen molar-refractivity contribution in [2.24, 2.45) is 5.73 Å². The van der Waals surface area contributed by atoms with E-state index in [1.165, 1.54) is 6.07 Å². The average molecular weight is 254 g/mol. The second-order valence-electron chi connectivity index (χ2n) is 4.10. The normalized spacial score (nSPS) is 21.8. The van der Waals surface area contributed by atoms with Crippen molar-refractivity contribution in [1.29, 1.82) is 0 Å². The number of fused-ring (bicyclic) bond motifs is 1. The van der Waals surface area contributed by atoms with Crippen LogP contribution < -0.4 is 11.1 Å². The molecule has 1 atom stereocenters. The van der Waals surface area contributed by atoms with Crippen LogP contribution in [0.25, 0.3) is 0 Å². The first-order valence-electron chi connectivity index (χ1n) is 5.32. The van der Waals surface area contributed by atoms with Gasteiger partial charge in [0.2, 0.25) is 5.91 Å². The van der Waals surface area contributed by atoms with Crippen molar-refractivity contribution >= 4 is 21.4 Å². The summed E-state index contributed by atoms with van der Waals surface area (Å²) >= 11 is 0. The van der Waals surface area contributed by atoms with Crippen LogP contribution in [0.1, 0.15) is 12.0 Å². The van der Waals surface area contributed by atoms with Gasteiger partial charge in [0.15, 0.2) is 9.84 Å². The minimum atomic E-state index is -3.60. The lowest BCUT2D eigenvalue weighted by Crippen LogP contribution is -2.41. The molecule has 0 spiro atoms. The lowest BCUT2D eigenvalue weighted by molar-refractivity contribution is -0.116. The molecule has 1 aromatic carbocycles. The molecule has 5 nitrogen and oxygen atoms in total. The van der Waals surface area contributed by atoms with E-state index >= 15 is 0 Å². The minimum Gasteiger partial charge on any atom is -0.330 e. The minimum absolute atomic E-state index is 0.140. The maximum atomic E-state index is 12.2. The molecule has 1 aromatic rings. The number of hydrogen-bond acceptors (Lipinski definition) is 4. The van der Waals surface area contributed by atoms with Gasteiger partial charge in [-0.3, -0.25) is 4.79 Å². The first-order valence-corrected chi connectivity index (χ1v) is 6.87. The molecule has 1 unspecified atom stereocenters. The summed E-state index contributed by atoms with van der Waals surface area (Å²) in [4.78, 5) is 11.9. The van der Waals surface area contributed by atoms with E-state index in [9.17, 15) is 13.2 Å². The van der Waals surface area contributed by atoms with Crippen molar-refractivity contribution in [2.45, 2.75) is 23.5 Å². The molecule has 6 heteroatoms. The summed E-state index contributed by atoms with van der Waals surface area (Å²) < 4.78 is 24.4. The Kier molecular flexibility index (Phi) is 2.92. The van der Waals surface area contributed by atoms with Gasteiger partial charge in [0.05, 0.1) is 10.6 Å². The van der Waals surface area contributed by atoms with Crippen molar-refractivity contribution in [2.75, 3.05) is 11.9 Å². The lowest BCUT2D eigenvalue weighted by Gasteiger charge is -2.24. The molecule has 3 N–H and O–H groups in total. The Morgan fingerprint density at radius 2 is 2.12 bits per heavy atom. The van der Waals surface area contributed by atoms with Crippen LogP contribution in [0.15, 0.2) is 23.1 Å². The Morgan fingerprint density at radius 3 is 2.76 bits per heavy atom. The van der Waals surface area contributed by atoms with Gasteiger partial charge in [-0.05, 0) is 37.6 Å². The zero-order chi connectivity index (χ0) is 12.6. The maximum Gasteiger partial charge on any atom is 0.243 e. The Bertz CT molecular complexity index is 566. The van der Waals surface area contributed by atoms with Gasteiger partial charge in [0.25, 0.3) is 0 Å². The van der Waals surface area contributed by atoms with Gasteiger partial charge < -0.3 is 11.1 Å². The summed E-state index contributed by atoms with van der Waals surface area (Å²) in [5, 5.41) is 1.55. The number of nitrogens with one attached hydrogen (secondary N) is 1. The molecule has 0 aliphatic carbocycles. The lowest BCUT2D eigenvalue weighted by atomic mass is 10.2. The van der Waals surface area contributed by atoms with E-state index in [2.05, 4.69) is 5.32 Å². The van der Waals surface area contributed by atoms with Gasteiger partial charge >= 0.3 is 0 Å². The molecule has 17 heavy (non-hydrogen) atoms. The van der Waals surface area contributed by atoms with Gasteiger partial charge in [0.1, 0.15) is 5.25 Å². The van der Waals surface area contributed by atoms with Crippen LogP contribution in [-0.2, 0) is 14.6 Å². The molecule has 92 valence electrons. The van der Waals surface area contributed by atoms with E-state index in [0.717, 1.165) is 5.56 Å². The Morgan fingerprint density at radius 1 is 1.41 bits per heavy atom. The predicted octanol–water partition coefficient (Wildman–Crippen LogP) is 0.438. The number of sulfone groups is 1. The van der Waals surface area contributed by atoms with E-state index in [-0.39, 0.29) is 17.9 Å². The van der Waals surface area contributed by atoms with Crippen molar-refractivity contribution < 1.29 is 13.2 Å². The molecule has 1 aliphatic rings. The van der Waals surface area contributed by atoms with E-state index in [1.54, 1.807) is 12.1 Å². The van der Waals surface area contributed by atoms with Gasteiger partial charge in [-0.25, -0.2) is 8.42 Å². The van der Waals surface area contributed by atoms with Crippen LogP contribution in [0.3, 0.4) is 0 Å². The monoisotopic (exact) mass is 254 g/mol. The van der Waals surface area contributed by atoms with Crippen LogP contribution in [0.2, 0.25) is 0 Å². The summed E-state index contributed by atoms with van der Waals surface area (Å²) in [6.45, 7) is 2.00. The quantitative estimate of drug-likeness (QED) is 0.801. The van der Waals surface area contributed by atoms with Crippen molar-refractivity contribution in [3.63, 3.8) is 0 Å². The molecule has 0 radical (unpaired) electrons. The predicted molar refractivity (Wildman–Crippen MR) is 64.5 cm³/mol. The Labute approximate surface area is 99.9 Å². The molecular formula is C11H14N2O3S. The van der Waals surface area contributed by atoms with E-state index in [0.29, 0.717) is 5.69 Å². The third kappa shape index (κ3) is 1.94. The Hall–Kier alpha value is -1.40. The average Bonchev–Trinajstić information content (AvgIpc) is 2.23. The van der Waals surface area contributed by atoms with Crippen molar-refractivity contribution in [3.05, 3.63) is 23.8 Å². The standard InChI is InChI=1S/C11H14N2O3S/c1-7-2-3-9-8(6-7)13-11(14)10(4-5-12)17(9,15)16/h2-3,6,10H,4-5,12H2,1H3,(H,13,14). The number of benzene rings is 1. The zero-order valence-corrected chi connectivity index (χ0v) is 10.3. The third-order valence-electron chi connectivity index (χ3n) is 2.80. The fourth-order valence-corrected chi connectivity index (χ4v) is 3.70. The largest absolute Gasteiger partial charge is 0.330 e. The number of carbonyl (C=O) groups is 1. The first-order chi connectivity index (χ1) is 7.96. The molecule has 1 amide bonds. The van der Waals surface area contributed by atoms with Gasteiger partial charge in [-0.1, -0.05) is 6.07 Å². The van der Waals surface area contributed by atoms with Crippen LogP contribution in [0.5, 0.6) is 0 Å². The molecule has 0 fully saturated rings. The second kappa shape index (κ2) is 4.12. The van der Waals surface area contributed by atoms with Crippen molar-refractivity contribution in [1.82, 2.24) is 0 Å². The van der Waals surface area contributed by atoms with Gasteiger partial charge in [-0.15, -0.1) is 0 Å². The second-order valence-corrected chi connectivity index (χ2v) is 6.20. The molecule has 0 saturated heterocycles. The topological polar surface area (TPSA) is 89.3 Å². The number of rotatable bonds is 2. The number of nitrogens with two attached hydrogens (primary N) is 1. The molecule has 0 aromatic heterocycles. The Balaban J connectivity index is 2.58. The fraction of sp³-hybridized carbons (Fsp3) is 0.364. The van der Waals surface area contributed by atoms with Crippen molar-refractivity contribution in [3.8, 4) is 0 Å². The molecule has 0 saturated carbocycles. The fourth-order valence-electron chi connectivity index (χ4n) is 1.93. The molecule has 1 aliphatic heterocycles.